The van der Waals surface area contributed by atoms with E-state index in [0.717, 1.165) is 0 Å². The Labute approximate surface area is 205 Å². The van der Waals surface area contributed by atoms with Crippen LogP contribution in [0.25, 0.3) is 5.82 Å². The molecule has 0 radical (unpaired) electrons. The van der Waals surface area contributed by atoms with Crippen LogP contribution in [0.3, 0.4) is 0 Å². The lowest BCUT2D eigenvalue weighted by Crippen LogP contribution is -2.30. The highest BCUT2D eigenvalue weighted by atomic mass is 32.2. The van der Waals surface area contributed by atoms with Crippen LogP contribution < -0.4 is 5.32 Å². The maximum absolute atomic E-state index is 12.7. The Kier molecular flexibility index (Phi) is 8.36. The quantitative estimate of drug-likeness (QED) is 0.425. The molecule has 0 saturated heterocycles. The second-order valence-corrected chi connectivity index (χ2v) is 9.88. The van der Waals surface area contributed by atoms with Crippen molar-refractivity contribution in [1.82, 2.24) is 19.1 Å². The minimum atomic E-state index is -3.67. The SMILES string of the molecule is CCN(CC)S(=O)(=O)c1cccc(NC(=O)COC(=O)c2cnn(-c3ccccn3)c2C(C)C)c1. The van der Waals surface area contributed by atoms with Gasteiger partial charge < -0.3 is 10.1 Å². The highest BCUT2D eigenvalue weighted by Gasteiger charge is 2.24. The molecule has 0 atom stereocenters. The first kappa shape index (κ1) is 26.0. The molecule has 2 heterocycles. The highest BCUT2D eigenvalue weighted by molar-refractivity contribution is 7.89. The summed E-state index contributed by atoms with van der Waals surface area (Å²) in [5.41, 5.74) is 1.14. The number of rotatable bonds is 10. The number of esters is 1. The zero-order valence-corrected chi connectivity index (χ0v) is 20.9. The number of hydrogen-bond donors (Lipinski definition) is 1. The van der Waals surface area contributed by atoms with Gasteiger partial charge in [0.2, 0.25) is 10.0 Å². The maximum atomic E-state index is 12.7. The van der Waals surface area contributed by atoms with Crippen molar-refractivity contribution in [1.29, 1.82) is 0 Å². The van der Waals surface area contributed by atoms with Crippen LogP contribution in [0.15, 0.2) is 59.8 Å². The van der Waals surface area contributed by atoms with E-state index in [1.54, 1.807) is 49.0 Å². The van der Waals surface area contributed by atoms with Crippen LogP contribution in [0.2, 0.25) is 0 Å². The molecule has 0 aliphatic carbocycles. The summed E-state index contributed by atoms with van der Waals surface area (Å²) in [5, 5.41) is 6.85. The summed E-state index contributed by atoms with van der Waals surface area (Å²) in [4.78, 5) is 29.5. The number of aromatic nitrogens is 3. The predicted molar refractivity (Wildman–Crippen MR) is 131 cm³/mol. The van der Waals surface area contributed by atoms with Gasteiger partial charge in [0.05, 0.1) is 16.8 Å². The Hall–Kier alpha value is -3.57. The molecule has 0 fully saturated rings. The third-order valence-corrected chi connectivity index (χ3v) is 7.28. The second kappa shape index (κ2) is 11.2. The van der Waals surface area contributed by atoms with E-state index in [2.05, 4.69) is 15.4 Å². The van der Waals surface area contributed by atoms with Crippen molar-refractivity contribution in [2.45, 2.75) is 38.5 Å². The average molecular weight is 500 g/mol. The summed E-state index contributed by atoms with van der Waals surface area (Å²) in [6.45, 7) is 7.47. The number of nitrogens with one attached hydrogen (secondary N) is 1. The minimum absolute atomic E-state index is 0.0635. The molecule has 35 heavy (non-hydrogen) atoms. The average Bonchev–Trinajstić information content (AvgIpc) is 3.30. The predicted octanol–water partition coefficient (Wildman–Crippen LogP) is 3.22. The van der Waals surface area contributed by atoms with Gasteiger partial charge in [-0.3, -0.25) is 4.79 Å². The fourth-order valence-corrected chi connectivity index (χ4v) is 5.09. The molecule has 1 aromatic carbocycles. The van der Waals surface area contributed by atoms with E-state index in [1.165, 1.54) is 22.6 Å². The number of nitrogens with zero attached hydrogens (tertiary/aromatic N) is 4. The number of sulfonamides is 1. The van der Waals surface area contributed by atoms with Gasteiger partial charge in [-0.25, -0.2) is 22.9 Å². The summed E-state index contributed by atoms with van der Waals surface area (Å²) in [5.74, 6) is -0.790. The van der Waals surface area contributed by atoms with E-state index in [-0.39, 0.29) is 22.1 Å². The monoisotopic (exact) mass is 499 g/mol. The van der Waals surface area contributed by atoms with Gasteiger partial charge in [-0.05, 0) is 36.2 Å². The van der Waals surface area contributed by atoms with Gasteiger partial charge in [-0.1, -0.05) is 39.8 Å². The Balaban J connectivity index is 1.69. The van der Waals surface area contributed by atoms with Crippen LogP contribution in [-0.2, 0) is 19.6 Å². The van der Waals surface area contributed by atoms with Gasteiger partial charge in [-0.2, -0.15) is 9.40 Å². The van der Waals surface area contributed by atoms with Crippen LogP contribution >= 0.6 is 0 Å². The molecule has 3 aromatic rings. The second-order valence-electron chi connectivity index (χ2n) is 7.94. The van der Waals surface area contributed by atoms with Gasteiger partial charge in [0.25, 0.3) is 5.91 Å². The Bertz CT molecular complexity index is 1280. The zero-order chi connectivity index (χ0) is 25.6. The van der Waals surface area contributed by atoms with E-state index in [0.29, 0.717) is 24.6 Å². The first-order chi connectivity index (χ1) is 16.7. The Morgan fingerprint density at radius 2 is 1.86 bits per heavy atom. The van der Waals surface area contributed by atoms with Gasteiger partial charge in [-0.15, -0.1) is 0 Å². The number of amides is 1. The third kappa shape index (κ3) is 5.92. The summed E-state index contributed by atoms with van der Waals surface area (Å²) < 4.78 is 33.6. The summed E-state index contributed by atoms with van der Waals surface area (Å²) >= 11 is 0. The fourth-order valence-electron chi connectivity index (χ4n) is 3.59. The molecular formula is C24H29N5O5S. The molecule has 186 valence electrons. The number of pyridine rings is 1. The van der Waals surface area contributed by atoms with Crippen LogP contribution in [0.1, 0.15) is 49.7 Å². The van der Waals surface area contributed by atoms with Crippen LogP contribution in [0.5, 0.6) is 0 Å². The zero-order valence-electron chi connectivity index (χ0n) is 20.1. The molecular weight excluding hydrogens is 470 g/mol. The van der Waals surface area contributed by atoms with Gasteiger partial charge in [0.15, 0.2) is 12.4 Å². The topological polar surface area (TPSA) is 123 Å². The Morgan fingerprint density at radius 1 is 1.11 bits per heavy atom. The number of ether oxygens (including phenoxy) is 1. The van der Waals surface area contributed by atoms with Crippen molar-refractivity contribution < 1.29 is 22.7 Å². The maximum Gasteiger partial charge on any atom is 0.342 e. The first-order valence-corrected chi connectivity index (χ1v) is 12.7. The van der Waals surface area contributed by atoms with Crippen LogP contribution in [0.4, 0.5) is 5.69 Å². The number of hydrogen-bond acceptors (Lipinski definition) is 7. The van der Waals surface area contributed by atoms with Crippen molar-refractivity contribution in [3.63, 3.8) is 0 Å². The number of benzene rings is 1. The molecule has 0 saturated carbocycles. The largest absolute Gasteiger partial charge is 0.452 e. The number of anilines is 1. The van der Waals surface area contributed by atoms with Crippen LogP contribution in [0, 0.1) is 0 Å². The van der Waals surface area contributed by atoms with E-state index in [4.69, 9.17) is 4.74 Å². The molecule has 0 spiro atoms. The molecule has 3 rings (SSSR count). The molecule has 0 aliphatic heterocycles. The molecule has 2 aromatic heterocycles. The molecule has 10 nitrogen and oxygen atoms in total. The molecule has 0 bridgehead atoms. The number of carbonyl (C=O) groups is 2. The molecule has 1 amide bonds. The van der Waals surface area contributed by atoms with Crippen molar-refractivity contribution in [2.75, 3.05) is 25.0 Å². The highest BCUT2D eigenvalue weighted by Crippen LogP contribution is 2.23. The van der Waals surface area contributed by atoms with E-state index < -0.39 is 28.5 Å². The molecule has 1 N–H and O–H groups in total. The summed E-state index contributed by atoms with van der Waals surface area (Å²) in [6, 6.07) is 11.3. The van der Waals surface area contributed by atoms with Gasteiger partial charge in [0.1, 0.15) is 5.56 Å². The van der Waals surface area contributed by atoms with Crippen molar-refractivity contribution in [2.24, 2.45) is 0 Å². The molecule has 0 unspecified atom stereocenters. The van der Waals surface area contributed by atoms with E-state index in [1.807, 2.05) is 19.9 Å². The summed E-state index contributed by atoms with van der Waals surface area (Å²) in [7, 11) is -3.67. The number of carbonyl (C=O) groups excluding carboxylic acids is 2. The molecule has 0 aliphatic rings. The lowest BCUT2D eigenvalue weighted by Gasteiger charge is -2.18. The molecule has 11 heteroatoms. The summed E-state index contributed by atoms with van der Waals surface area (Å²) in [6.07, 6.45) is 3.03. The van der Waals surface area contributed by atoms with Gasteiger partial charge in [0, 0.05) is 25.0 Å². The van der Waals surface area contributed by atoms with Crippen molar-refractivity contribution >= 4 is 27.6 Å². The van der Waals surface area contributed by atoms with Crippen molar-refractivity contribution in [3.05, 3.63) is 66.1 Å². The standard InChI is InChI=1S/C24H29N5O5S/c1-5-28(6-2)35(32,33)19-11-9-10-18(14-19)27-22(30)16-34-24(31)20-15-26-29(23(20)17(3)4)21-12-7-8-13-25-21/h7-15,17H,5-6,16H2,1-4H3,(H,27,30). The fraction of sp³-hybridized carbons (Fsp3) is 0.333. The third-order valence-electron chi connectivity index (χ3n) is 5.23. The lowest BCUT2D eigenvalue weighted by atomic mass is 10.1. The van der Waals surface area contributed by atoms with Gasteiger partial charge >= 0.3 is 5.97 Å². The normalized spacial score (nSPS) is 11.6. The van der Waals surface area contributed by atoms with Crippen LogP contribution in [-0.4, -0.2) is 59.1 Å². The Morgan fingerprint density at radius 3 is 2.49 bits per heavy atom. The lowest BCUT2D eigenvalue weighted by molar-refractivity contribution is -0.119. The minimum Gasteiger partial charge on any atom is -0.452 e. The first-order valence-electron chi connectivity index (χ1n) is 11.3. The smallest absolute Gasteiger partial charge is 0.342 e. The van der Waals surface area contributed by atoms with E-state index in [9.17, 15) is 18.0 Å². The van der Waals surface area contributed by atoms with E-state index >= 15 is 0 Å². The van der Waals surface area contributed by atoms with Crippen molar-refractivity contribution in [3.8, 4) is 5.82 Å².